The Bertz CT molecular complexity index is 579. The van der Waals surface area contributed by atoms with Crippen LogP contribution in [0, 0.1) is 3.57 Å². The molecule has 0 spiro atoms. The highest BCUT2D eigenvalue weighted by Crippen LogP contribution is 2.49. The Hall–Kier alpha value is -0.490. The number of fused-ring (bicyclic) bond motifs is 2. The number of hydrogen-bond donors (Lipinski definition) is 0. The molecular weight excluding hydrogens is 393 g/mol. The van der Waals surface area contributed by atoms with E-state index in [1.165, 1.54) is 39.5 Å². The Balaban J connectivity index is 2.09. The zero-order valence-corrected chi connectivity index (χ0v) is 15.4. The number of hydrogen-bond acceptors (Lipinski definition) is 3. The van der Waals surface area contributed by atoms with Gasteiger partial charge >= 0.3 is 0 Å². The van der Waals surface area contributed by atoms with Gasteiger partial charge in [0.15, 0.2) is 0 Å². The van der Waals surface area contributed by atoms with Gasteiger partial charge in [-0.15, -0.1) is 11.8 Å². The van der Waals surface area contributed by atoms with Crippen LogP contribution in [0.15, 0.2) is 35.0 Å². The molecule has 2 nitrogen and oxygen atoms in total. The topological polar surface area (TPSA) is 21.6 Å². The molecule has 0 saturated carbocycles. The Morgan fingerprint density at radius 1 is 1.33 bits per heavy atom. The average Bonchev–Trinajstić information content (AvgIpc) is 2.88. The fourth-order valence-electron chi connectivity index (χ4n) is 3.30. The van der Waals surface area contributed by atoms with E-state index < -0.39 is 0 Å². The van der Waals surface area contributed by atoms with E-state index in [1.54, 1.807) is 7.11 Å². The van der Waals surface area contributed by atoms with Crippen LogP contribution in [0.1, 0.15) is 38.2 Å². The summed E-state index contributed by atoms with van der Waals surface area (Å²) in [5.74, 6) is 0. The summed E-state index contributed by atoms with van der Waals surface area (Å²) >= 11 is 4.50. The summed E-state index contributed by atoms with van der Waals surface area (Å²) in [6.07, 6.45) is 4.70. The van der Waals surface area contributed by atoms with Crippen molar-refractivity contribution in [3.05, 3.63) is 39.0 Å². The fourth-order valence-corrected chi connectivity index (χ4v) is 5.34. The summed E-state index contributed by atoms with van der Waals surface area (Å²) in [6, 6.07) is 8.91. The van der Waals surface area contributed by atoms with Crippen LogP contribution in [0.5, 0.6) is 0 Å². The lowest BCUT2D eigenvalue weighted by Gasteiger charge is -2.27. The lowest BCUT2D eigenvalue weighted by molar-refractivity contribution is 0.213. The standard InChI is InChI=1S/C17H20INOS/c1-3-15(19-20-2)17-14(10-13-8-9-16(17)21-13)11-4-6-12(18)7-5-11/h4-7,13,16H,3,8-10H2,1-2H3. The van der Waals surface area contributed by atoms with Gasteiger partial charge in [-0.2, -0.15) is 0 Å². The minimum absolute atomic E-state index is 0.604. The van der Waals surface area contributed by atoms with Gasteiger partial charge in [0.1, 0.15) is 7.11 Å². The van der Waals surface area contributed by atoms with Crippen LogP contribution in [-0.2, 0) is 4.84 Å². The highest BCUT2D eigenvalue weighted by atomic mass is 127. The molecule has 2 bridgehead atoms. The predicted octanol–water partition coefficient (Wildman–Crippen LogP) is 5.13. The number of nitrogens with zero attached hydrogens (tertiary/aromatic N) is 1. The van der Waals surface area contributed by atoms with E-state index in [4.69, 9.17) is 4.84 Å². The van der Waals surface area contributed by atoms with Crippen molar-refractivity contribution in [1.29, 1.82) is 0 Å². The van der Waals surface area contributed by atoms with Crippen molar-refractivity contribution < 1.29 is 4.84 Å². The lowest BCUT2D eigenvalue weighted by atomic mass is 9.91. The van der Waals surface area contributed by atoms with Crippen LogP contribution in [0.25, 0.3) is 5.57 Å². The van der Waals surface area contributed by atoms with Gasteiger partial charge in [0.2, 0.25) is 0 Å². The average molecular weight is 413 g/mol. The monoisotopic (exact) mass is 413 g/mol. The quantitative estimate of drug-likeness (QED) is 0.388. The first-order valence-electron chi connectivity index (χ1n) is 7.47. The molecule has 1 aromatic carbocycles. The summed E-state index contributed by atoms with van der Waals surface area (Å²) in [7, 11) is 1.65. The van der Waals surface area contributed by atoms with Crippen LogP contribution in [0.3, 0.4) is 0 Å². The first-order chi connectivity index (χ1) is 10.2. The summed E-state index contributed by atoms with van der Waals surface area (Å²) in [6.45, 7) is 2.17. The molecule has 4 heteroatoms. The molecule has 2 aliphatic heterocycles. The SMILES string of the molecule is CCC(=NOC)C1=C(c2ccc(I)cc2)CC2CCC1S2. The Kier molecular flexibility index (Phi) is 4.94. The molecule has 0 radical (unpaired) electrons. The van der Waals surface area contributed by atoms with E-state index in [1.807, 2.05) is 0 Å². The van der Waals surface area contributed by atoms with Crippen LogP contribution in [-0.4, -0.2) is 23.3 Å². The second-order valence-electron chi connectivity index (χ2n) is 5.50. The van der Waals surface area contributed by atoms with Gasteiger partial charge in [0.05, 0.1) is 5.71 Å². The van der Waals surface area contributed by atoms with Gasteiger partial charge < -0.3 is 4.84 Å². The van der Waals surface area contributed by atoms with Gasteiger partial charge in [-0.1, -0.05) is 24.2 Å². The van der Waals surface area contributed by atoms with Crippen LogP contribution in [0.4, 0.5) is 0 Å². The third-order valence-electron chi connectivity index (χ3n) is 4.23. The van der Waals surface area contributed by atoms with Gasteiger partial charge in [-0.25, -0.2) is 0 Å². The van der Waals surface area contributed by atoms with E-state index >= 15 is 0 Å². The molecule has 0 amide bonds. The lowest BCUT2D eigenvalue weighted by Crippen LogP contribution is -2.19. The molecule has 0 aromatic heterocycles. The number of oxime groups is 1. The van der Waals surface area contributed by atoms with Crippen molar-refractivity contribution in [2.45, 2.75) is 43.1 Å². The number of rotatable bonds is 4. The maximum Gasteiger partial charge on any atom is 0.106 e. The van der Waals surface area contributed by atoms with Gasteiger partial charge in [-0.3, -0.25) is 0 Å². The van der Waals surface area contributed by atoms with Crippen molar-refractivity contribution in [2.24, 2.45) is 5.16 Å². The molecule has 1 fully saturated rings. The molecule has 21 heavy (non-hydrogen) atoms. The number of benzene rings is 1. The van der Waals surface area contributed by atoms with Crippen molar-refractivity contribution in [3.8, 4) is 0 Å². The number of halogens is 1. The Labute approximate surface area is 144 Å². The third kappa shape index (κ3) is 3.16. The summed E-state index contributed by atoms with van der Waals surface area (Å²) in [5.41, 5.74) is 5.43. The Morgan fingerprint density at radius 3 is 2.76 bits per heavy atom. The van der Waals surface area contributed by atoms with Crippen LogP contribution < -0.4 is 0 Å². The van der Waals surface area contributed by atoms with Gasteiger partial charge in [0, 0.05) is 14.1 Å². The van der Waals surface area contributed by atoms with E-state index in [0.29, 0.717) is 5.25 Å². The van der Waals surface area contributed by atoms with E-state index in [-0.39, 0.29) is 0 Å². The normalized spacial score (nSPS) is 25.4. The molecule has 0 aliphatic carbocycles. The molecule has 2 aliphatic rings. The minimum Gasteiger partial charge on any atom is -0.399 e. The first kappa shape index (κ1) is 15.4. The molecule has 2 atom stereocenters. The van der Waals surface area contributed by atoms with E-state index in [9.17, 15) is 0 Å². The highest BCUT2D eigenvalue weighted by molar-refractivity contribution is 14.1. The maximum atomic E-state index is 5.10. The number of allylic oxidation sites excluding steroid dienone is 1. The minimum atomic E-state index is 0.604. The van der Waals surface area contributed by atoms with Crippen LogP contribution in [0.2, 0.25) is 0 Å². The molecule has 1 aromatic rings. The van der Waals surface area contributed by atoms with Crippen molar-refractivity contribution >= 4 is 45.6 Å². The zero-order chi connectivity index (χ0) is 14.8. The molecule has 2 heterocycles. The van der Waals surface area contributed by atoms with E-state index in [2.05, 4.69) is 70.7 Å². The molecule has 1 saturated heterocycles. The molecule has 3 rings (SSSR count). The molecule has 0 N–H and O–H groups in total. The van der Waals surface area contributed by atoms with Crippen molar-refractivity contribution in [1.82, 2.24) is 0 Å². The zero-order valence-electron chi connectivity index (χ0n) is 12.4. The van der Waals surface area contributed by atoms with E-state index in [0.717, 1.165) is 17.4 Å². The fraction of sp³-hybridized carbons (Fsp3) is 0.471. The highest BCUT2D eigenvalue weighted by Gasteiger charge is 2.37. The Morgan fingerprint density at radius 2 is 2.10 bits per heavy atom. The van der Waals surface area contributed by atoms with Gasteiger partial charge in [-0.05, 0) is 77.1 Å². The second-order valence-corrected chi connectivity index (χ2v) is 8.25. The molecular formula is C17H20INOS. The maximum absolute atomic E-state index is 5.10. The van der Waals surface area contributed by atoms with Crippen molar-refractivity contribution in [2.75, 3.05) is 7.11 Å². The first-order valence-corrected chi connectivity index (χ1v) is 9.50. The summed E-state index contributed by atoms with van der Waals surface area (Å²) in [5, 5.41) is 5.71. The second kappa shape index (κ2) is 6.73. The van der Waals surface area contributed by atoms with Crippen molar-refractivity contribution in [3.63, 3.8) is 0 Å². The largest absolute Gasteiger partial charge is 0.399 e. The molecule has 112 valence electrons. The predicted molar refractivity (Wildman–Crippen MR) is 99.8 cm³/mol. The summed E-state index contributed by atoms with van der Waals surface area (Å²) < 4.78 is 1.29. The summed E-state index contributed by atoms with van der Waals surface area (Å²) in [4.78, 5) is 5.10. The van der Waals surface area contributed by atoms with Gasteiger partial charge in [0.25, 0.3) is 0 Å². The third-order valence-corrected chi connectivity index (χ3v) is 6.53. The smallest absolute Gasteiger partial charge is 0.106 e. The van der Waals surface area contributed by atoms with Crippen LogP contribution >= 0.6 is 34.4 Å². The molecule has 2 unspecified atom stereocenters. The number of thioether (sulfide) groups is 1.